The standard InChI is InChI=1S/C15H29N3O2/c1-15(2,3)20-14(19)18-12-5-6-13(18)10-11(9-12)17-8-4-7-16/h11-13,17H,4-10,16H2,1-3H3. The summed E-state index contributed by atoms with van der Waals surface area (Å²) < 4.78 is 5.54. The van der Waals surface area contributed by atoms with Crippen molar-refractivity contribution >= 4 is 6.09 Å². The Morgan fingerprint density at radius 2 is 1.90 bits per heavy atom. The number of hydrogen-bond donors (Lipinski definition) is 2. The van der Waals surface area contributed by atoms with Gasteiger partial charge in [-0.25, -0.2) is 4.79 Å². The number of piperidine rings is 1. The van der Waals surface area contributed by atoms with Crippen LogP contribution >= 0.6 is 0 Å². The Kier molecular flexibility index (Phi) is 4.91. The quantitative estimate of drug-likeness (QED) is 0.773. The molecule has 5 nitrogen and oxygen atoms in total. The first-order chi connectivity index (χ1) is 9.40. The van der Waals surface area contributed by atoms with Gasteiger partial charge in [-0.2, -0.15) is 0 Å². The first-order valence-corrected chi connectivity index (χ1v) is 7.85. The minimum Gasteiger partial charge on any atom is -0.444 e. The van der Waals surface area contributed by atoms with Crippen LogP contribution in [0.25, 0.3) is 0 Å². The Labute approximate surface area is 122 Å². The maximum atomic E-state index is 12.3. The molecule has 2 atom stereocenters. The van der Waals surface area contributed by atoms with Gasteiger partial charge < -0.3 is 20.7 Å². The molecule has 0 aromatic rings. The lowest BCUT2D eigenvalue weighted by atomic mass is 9.97. The zero-order chi connectivity index (χ0) is 14.8. The Bertz CT molecular complexity index is 327. The van der Waals surface area contributed by atoms with Crippen molar-refractivity contribution in [1.82, 2.24) is 10.2 Å². The van der Waals surface area contributed by atoms with Gasteiger partial charge in [0, 0.05) is 18.1 Å². The van der Waals surface area contributed by atoms with E-state index in [2.05, 4.69) is 5.32 Å². The molecule has 0 radical (unpaired) electrons. The molecule has 2 fully saturated rings. The highest BCUT2D eigenvalue weighted by Gasteiger charge is 2.44. The second-order valence-corrected chi connectivity index (χ2v) is 7.04. The third-order valence-corrected chi connectivity index (χ3v) is 4.15. The summed E-state index contributed by atoms with van der Waals surface area (Å²) in [6, 6.07) is 1.22. The molecule has 116 valence electrons. The van der Waals surface area contributed by atoms with E-state index in [0.717, 1.165) is 45.2 Å². The van der Waals surface area contributed by atoms with Crippen LogP contribution in [0.15, 0.2) is 0 Å². The maximum Gasteiger partial charge on any atom is 0.410 e. The fourth-order valence-electron chi connectivity index (χ4n) is 3.36. The molecule has 3 N–H and O–H groups in total. The first kappa shape index (κ1) is 15.6. The van der Waals surface area contributed by atoms with Gasteiger partial charge in [0.05, 0.1) is 0 Å². The number of carbonyl (C=O) groups excluding carboxylic acids is 1. The lowest BCUT2D eigenvalue weighted by Crippen LogP contribution is -2.52. The smallest absolute Gasteiger partial charge is 0.410 e. The highest BCUT2D eigenvalue weighted by Crippen LogP contribution is 2.36. The number of carbonyl (C=O) groups is 1. The lowest BCUT2D eigenvalue weighted by Gasteiger charge is -2.39. The highest BCUT2D eigenvalue weighted by molar-refractivity contribution is 5.69. The maximum absolute atomic E-state index is 12.3. The fraction of sp³-hybridized carbons (Fsp3) is 0.933. The highest BCUT2D eigenvalue weighted by atomic mass is 16.6. The van der Waals surface area contributed by atoms with E-state index in [9.17, 15) is 4.79 Å². The number of nitrogens with two attached hydrogens (primary N) is 1. The minimum atomic E-state index is -0.410. The number of fused-ring (bicyclic) bond motifs is 2. The molecule has 0 saturated carbocycles. The van der Waals surface area contributed by atoms with E-state index >= 15 is 0 Å². The van der Waals surface area contributed by atoms with Gasteiger partial charge in [-0.3, -0.25) is 0 Å². The van der Waals surface area contributed by atoms with Gasteiger partial charge in [0.15, 0.2) is 0 Å². The van der Waals surface area contributed by atoms with Crippen molar-refractivity contribution in [3.63, 3.8) is 0 Å². The molecule has 20 heavy (non-hydrogen) atoms. The summed E-state index contributed by atoms with van der Waals surface area (Å²) in [4.78, 5) is 14.3. The summed E-state index contributed by atoms with van der Waals surface area (Å²) in [5.74, 6) is 0. The van der Waals surface area contributed by atoms with Crippen LogP contribution in [-0.4, -0.2) is 47.8 Å². The van der Waals surface area contributed by atoms with Gasteiger partial charge in [-0.1, -0.05) is 0 Å². The second kappa shape index (κ2) is 6.31. The Morgan fingerprint density at radius 1 is 1.30 bits per heavy atom. The summed E-state index contributed by atoms with van der Waals surface area (Å²) in [6.45, 7) is 7.49. The second-order valence-electron chi connectivity index (χ2n) is 7.04. The average molecular weight is 283 g/mol. The van der Waals surface area contributed by atoms with Crippen LogP contribution in [0.3, 0.4) is 0 Å². The summed E-state index contributed by atoms with van der Waals surface area (Å²) in [7, 11) is 0. The topological polar surface area (TPSA) is 67.6 Å². The number of nitrogens with zero attached hydrogens (tertiary/aromatic N) is 1. The molecule has 2 aliphatic rings. The SMILES string of the molecule is CC(C)(C)OC(=O)N1C2CCC1CC(NCCCN)C2. The van der Waals surface area contributed by atoms with Crippen molar-refractivity contribution in [2.45, 2.75) is 76.6 Å². The van der Waals surface area contributed by atoms with Crippen LogP contribution < -0.4 is 11.1 Å². The minimum absolute atomic E-state index is 0.134. The largest absolute Gasteiger partial charge is 0.444 e. The number of rotatable bonds is 4. The van der Waals surface area contributed by atoms with Gasteiger partial charge in [0.1, 0.15) is 5.60 Å². The molecule has 2 bridgehead atoms. The van der Waals surface area contributed by atoms with E-state index in [-0.39, 0.29) is 6.09 Å². The molecule has 2 aliphatic heterocycles. The van der Waals surface area contributed by atoms with Crippen molar-refractivity contribution < 1.29 is 9.53 Å². The van der Waals surface area contributed by atoms with Crippen molar-refractivity contribution in [2.75, 3.05) is 13.1 Å². The third kappa shape index (κ3) is 3.85. The van der Waals surface area contributed by atoms with Crippen molar-refractivity contribution in [2.24, 2.45) is 5.73 Å². The summed E-state index contributed by atoms with van der Waals surface area (Å²) >= 11 is 0. The molecule has 0 aromatic carbocycles. The molecular weight excluding hydrogens is 254 g/mol. The molecule has 1 amide bonds. The van der Waals surface area contributed by atoms with Crippen molar-refractivity contribution in [3.05, 3.63) is 0 Å². The molecule has 2 rings (SSSR count). The zero-order valence-electron chi connectivity index (χ0n) is 13.0. The first-order valence-electron chi connectivity index (χ1n) is 7.85. The van der Waals surface area contributed by atoms with Crippen LogP contribution in [-0.2, 0) is 4.74 Å². The average Bonchev–Trinajstić information content (AvgIpc) is 2.60. The molecule has 0 spiro atoms. The van der Waals surface area contributed by atoms with E-state index in [0.29, 0.717) is 18.1 Å². The number of hydrogen-bond acceptors (Lipinski definition) is 4. The summed E-state index contributed by atoms with van der Waals surface area (Å²) in [5, 5.41) is 3.57. The van der Waals surface area contributed by atoms with Gasteiger partial charge in [0.2, 0.25) is 0 Å². The normalized spacial score (nSPS) is 29.6. The molecular formula is C15H29N3O2. The van der Waals surface area contributed by atoms with Crippen molar-refractivity contribution in [3.8, 4) is 0 Å². The number of amides is 1. The Morgan fingerprint density at radius 3 is 2.40 bits per heavy atom. The predicted octanol–water partition coefficient (Wildman–Crippen LogP) is 1.86. The van der Waals surface area contributed by atoms with E-state index < -0.39 is 5.60 Å². The number of ether oxygens (including phenoxy) is 1. The molecule has 2 heterocycles. The summed E-state index contributed by atoms with van der Waals surface area (Å²) in [6.07, 6.45) is 5.19. The van der Waals surface area contributed by atoms with E-state index in [1.54, 1.807) is 0 Å². The molecule has 2 saturated heterocycles. The Hall–Kier alpha value is -0.810. The Balaban J connectivity index is 1.88. The van der Waals surface area contributed by atoms with Gasteiger partial charge in [-0.05, 0) is 66.0 Å². The lowest BCUT2D eigenvalue weighted by molar-refractivity contribution is 0.00476. The van der Waals surface area contributed by atoms with E-state index in [1.165, 1.54) is 0 Å². The van der Waals surface area contributed by atoms with Crippen LogP contribution in [0.1, 0.15) is 52.9 Å². The van der Waals surface area contributed by atoms with Gasteiger partial charge >= 0.3 is 6.09 Å². The zero-order valence-corrected chi connectivity index (χ0v) is 13.0. The van der Waals surface area contributed by atoms with Crippen LogP contribution in [0, 0.1) is 0 Å². The third-order valence-electron chi connectivity index (χ3n) is 4.15. The molecule has 2 unspecified atom stereocenters. The monoisotopic (exact) mass is 283 g/mol. The van der Waals surface area contributed by atoms with Crippen molar-refractivity contribution in [1.29, 1.82) is 0 Å². The van der Waals surface area contributed by atoms with Gasteiger partial charge in [-0.15, -0.1) is 0 Å². The molecule has 0 aliphatic carbocycles. The predicted molar refractivity (Wildman–Crippen MR) is 79.6 cm³/mol. The van der Waals surface area contributed by atoms with Crippen LogP contribution in [0.5, 0.6) is 0 Å². The van der Waals surface area contributed by atoms with Gasteiger partial charge in [0.25, 0.3) is 0 Å². The fourth-order valence-corrected chi connectivity index (χ4v) is 3.36. The molecule has 5 heteroatoms. The van der Waals surface area contributed by atoms with Crippen LogP contribution in [0.4, 0.5) is 4.79 Å². The molecule has 0 aromatic heterocycles. The number of nitrogens with one attached hydrogen (secondary N) is 1. The van der Waals surface area contributed by atoms with E-state index in [4.69, 9.17) is 10.5 Å². The van der Waals surface area contributed by atoms with Crippen LogP contribution in [0.2, 0.25) is 0 Å². The summed E-state index contributed by atoms with van der Waals surface area (Å²) in [5.41, 5.74) is 5.11. The van der Waals surface area contributed by atoms with E-state index in [1.807, 2.05) is 25.7 Å².